The first-order valence-electron chi connectivity index (χ1n) is 6.45. The summed E-state index contributed by atoms with van der Waals surface area (Å²) < 4.78 is 59.1. The molecule has 0 unspecified atom stereocenters. The molecular weight excluding hydrogens is 324 g/mol. The Balaban J connectivity index is 2.46. The van der Waals surface area contributed by atoms with Crippen molar-refractivity contribution in [2.75, 3.05) is 13.1 Å². The first-order valence-corrected chi connectivity index (χ1v) is 8.42. The van der Waals surface area contributed by atoms with Crippen LogP contribution >= 0.6 is 11.6 Å². The largest absolute Gasteiger partial charge is 0.373 e. The molecule has 21 heavy (non-hydrogen) atoms. The molecule has 1 aromatic rings. The Labute approximate surface area is 127 Å². The number of morpholine rings is 1. The van der Waals surface area contributed by atoms with Crippen molar-refractivity contribution in [3.8, 4) is 0 Å². The van der Waals surface area contributed by atoms with E-state index < -0.39 is 26.6 Å². The van der Waals surface area contributed by atoms with E-state index in [4.69, 9.17) is 16.3 Å². The molecule has 0 aromatic heterocycles. The van der Waals surface area contributed by atoms with E-state index in [0.717, 1.165) is 16.4 Å². The second-order valence-corrected chi connectivity index (χ2v) is 7.28. The lowest BCUT2D eigenvalue weighted by Gasteiger charge is -2.34. The zero-order valence-corrected chi connectivity index (χ0v) is 13.2. The molecular formula is C13H16ClF2NO3S. The SMILES string of the molecule is C[C@@H]1CN(S(=O)(=O)c2cc(CCl)cc(F)c2F)C[C@H](C)O1. The quantitative estimate of drug-likeness (QED) is 0.795. The van der Waals surface area contributed by atoms with Crippen molar-refractivity contribution < 1.29 is 21.9 Å². The van der Waals surface area contributed by atoms with Gasteiger partial charge in [-0.2, -0.15) is 4.31 Å². The molecule has 2 rings (SSSR count). The third-order valence-corrected chi connectivity index (χ3v) is 5.35. The number of sulfonamides is 1. The summed E-state index contributed by atoms with van der Waals surface area (Å²) in [5.74, 6) is -2.70. The normalized spacial score (nSPS) is 24.2. The summed E-state index contributed by atoms with van der Waals surface area (Å²) in [5, 5.41) is 0. The van der Waals surface area contributed by atoms with Crippen LogP contribution in [0, 0.1) is 11.6 Å². The van der Waals surface area contributed by atoms with Gasteiger partial charge in [-0.05, 0) is 31.5 Å². The maximum absolute atomic E-state index is 13.9. The zero-order valence-electron chi connectivity index (χ0n) is 11.6. The minimum atomic E-state index is -4.13. The fourth-order valence-corrected chi connectivity index (χ4v) is 4.22. The van der Waals surface area contributed by atoms with E-state index in [1.807, 2.05) is 0 Å². The molecule has 0 saturated carbocycles. The number of halogens is 3. The van der Waals surface area contributed by atoms with Gasteiger partial charge in [-0.3, -0.25) is 0 Å². The van der Waals surface area contributed by atoms with Crippen molar-refractivity contribution in [2.45, 2.75) is 36.8 Å². The predicted octanol–water partition coefficient (Wildman–Crippen LogP) is 2.50. The Bertz CT molecular complexity index is 629. The van der Waals surface area contributed by atoms with Gasteiger partial charge < -0.3 is 4.74 Å². The standard InChI is InChI=1S/C13H16ClF2NO3S/c1-8-6-17(7-9(2)20-8)21(18,19)12-4-10(5-14)3-11(15)13(12)16/h3-4,8-9H,5-7H2,1-2H3/t8-,9+. The highest BCUT2D eigenvalue weighted by molar-refractivity contribution is 7.89. The van der Waals surface area contributed by atoms with E-state index in [1.54, 1.807) is 13.8 Å². The first-order chi connectivity index (χ1) is 9.75. The van der Waals surface area contributed by atoms with E-state index in [2.05, 4.69) is 0 Å². The number of benzene rings is 1. The fourth-order valence-electron chi connectivity index (χ4n) is 2.35. The third kappa shape index (κ3) is 3.36. The second kappa shape index (κ2) is 6.16. The summed E-state index contributed by atoms with van der Waals surface area (Å²) in [6.45, 7) is 3.65. The Morgan fingerprint density at radius 3 is 2.38 bits per heavy atom. The number of hydrogen-bond acceptors (Lipinski definition) is 3. The minimum Gasteiger partial charge on any atom is -0.373 e. The second-order valence-electron chi connectivity index (χ2n) is 5.10. The Hall–Kier alpha value is -0.760. The van der Waals surface area contributed by atoms with Crippen molar-refractivity contribution >= 4 is 21.6 Å². The van der Waals surface area contributed by atoms with Crippen molar-refractivity contribution in [3.05, 3.63) is 29.3 Å². The van der Waals surface area contributed by atoms with Crippen molar-refractivity contribution in [3.63, 3.8) is 0 Å². The lowest BCUT2D eigenvalue weighted by molar-refractivity contribution is -0.0441. The molecule has 0 N–H and O–H groups in total. The van der Waals surface area contributed by atoms with Gasteiger partial charge in [0.25, 0.3) is 0 Å². The fraction of sp³-hybridized carbons (Fsp3) is 0.538. The topological polar surface area (TPSA) is 46.6 Å². The van der Waals surface area contributed by atoms with Gasteiger partial charge in [-0.1, -0.05) is 0 Å². The average Bonchev–Trinajstić information content (AvgIpc) is 2.40. The summed E-state index contributed by atoms with van der Waals surface area (Å²) >= 11 is 5.59. The van der Waals surface area contributed by atoms with Gasteiger partial charge in [0.1, 0.15) is 4.90 Å². The van der Waals surface area contributed by atoms with E-state index in [-0.39, 0.29) is 36.7 Å². The molecule has 0 spiro atoms. The molecule has 1 aromatic carbocycles. The van der Waals surface area contributed by atoms with Gasteiger partial charge in [-0.15, -0.1) is 11.6 Å². The van der Waals surface area contributed by atoms with Crippen LogP contribution in [-0.4, -0.2) is 38.0 Å². The predicted molar refractivity (Wildman–Crippen MR) is 74.7 cm³/mol. The van der Waals surface area contributed by atoms with Crippen LogP contribution in [0.25, 0.3) is 0 Å². The monoisotopic (exact) mass is 339 g/mol. The number of nitrogens with zero attached hydrogens (tertiary/aromatic N) is 1. The van der Waals surface area contributed by atoms with Gasteiger partial charge in [0.05, 0.1) is 12.2 Å². The van der Waals surface area contributed by atoms with Crippen LogP contribution in [0.2, 0.25) is 0 Å². The third-order valence-electron chi connectivity index (χ3n) is 3.21. The van der Waals surface area contributed by atoms with Gasteiger partial charge in [0.2, 0.25) is 10.0 Å². The number of ether oxygens (including phenoxy) is 1. The summed E-state index contributed by atoms with van der Waals surface area (Å²) in [6, 6.07) is 1.97. The summed E-state index contributed by atoms with van der Waals surface area (Å²) in [7, 11) is -4.13. The molecule has 2 atom stereocenters. The highest BCUT2D eigenvalue weighted by Crippen LogP contribution is 2.26. The number of rotatable bonds is 3. The van der Waals surface area contributed by atoms with Crippen LogP contribution in [0.15, 0.2) is 17.0 Å². The molecule has 8 heteroatoms. The molecule has 1 aliphatic heterocycles. The average molecular weight is 340 g/mol. The molecule has 4 nitrogen and oxygen atoms in total. The van der Waals surface area contributed by atoms with Crippen LogP contribution in [0.5, 0.6) is 0 Å². The lowest BCUT2D eigenvalue weighted by Crippen LogP contribution is -2.48. The molecule has 0 aliphatic carbocycles. The molecule has 0 radical (unpaired) electrons. The molecule has 1 saturated heterocycles. The first kappa shape index (κ1) is 16.6. The van der Waals surface area contributed by atoms with Gasteiger partial charge >= 0.3 is 0 Å². The van der Waals surface area contributed by atoms with Gasteiger partial charge in [0.15, 0.2) is 11.6 Å². The van der Waals surface area contributed by atoms with E-state index in [1.165, 1.54) is 0 Å². The maximum atomic E-state index is 13.9. The summed E-state index contributed by atoms with van der Waals surface area (Å²) in [5.41, 5.74) is 0.212. The van der Waals surface area contributed by atoms with Crippen molar-refractivity contribution in [1.82, 2.24) is 4.31 Å². The highest BCUT2D eigenvalue weighted by Gasteiger charge is 2.34. The minimum absolute atomic E-state index is 0.0961. The zero-order chi connectivity index (χ0) is 15.8. The van der Waals surface area contributed by atoms with Gasteiger partial charge in [-0.25, -0.2) is 17.2 Å². The van der Waals surface area contributed by atoms with E-state index in [9.17, 15) is 17.2 Å². The number of hydrogen-bond donors (Lipinski definition) is 0. The van der Waals surface area contributed by atoms with E-state index >= 15 is 0 Å². The van der Waals surface area contributed by atoms with Crippen LogP contribution in [0.3, 0.4) is 0 Å². The van der Waals surface area contributed by atoms with Crippen LogP contribution in [0.4, 0.5) is 8.78 Å². The van der Waals surface area contributed by atoms with Crippen LogP contribution in [0.1, 0.15) is 19.4 Å². The van der Waals surface area contributed by atoms with Crippen molar-refractivity contribution in [1.29, 1.82) is 0 Å². The number of alkyl halides is 1. The maximum Gasteiger partial charge on any atom is 0.246 e. The molecule has 1 aliphatic rings. The molecule has 1 fully saturated rings. The van der Waals surface area contributed by atoms with E-state index in [0.29, 0.717) is 0 Å². The Morgan fingerprint density at radius 1 is 1.29 bits per heavy atom. The summed E-state index contributed by atoms with van der Waals surface area (Å²) in [4.78, 5) is -0.681. The molecule has 0 amide bonds. The summed E-state index contributed by atoms with van der Waals surface area (Å²) in [6.07, 6.45) is -0.625. The smallest absolute Gasteiger partial charge is 0.246 e. The van der Waals surface area contributed by atoms with Crippen LogP contribution in [-0.2, 0) is 20.6 Å². The Morgan fingerprint density at radius 2 is 1.86 bits per heavy atom. The molecule has 118 valence electrons. The lowest BCUT2D eigenvalue weighted by atomic mass is 10.2. The van der Waals surface area contributed by atoms with Crippen LogP contribution < -0.4 is 0 Å². The van der Waals surface area contributed by atoms with Crippen molar-refractivity contribution in [2.24, 2.45) is 0 Å². The van der Waals surface area contributed by atoms with Gasteiger partial charge in [0, 0.05) is 19.0 Å². The molecule has 0 bridgehead atoms. The molecule has 1 heterocycles. The Kier molecular flexibility index (Phi) is 4.87. The highest BCUT2D eigenvalue weighted by atomic mass is 35.5.